The molecule has 0 aromatic rings. The molecule has 0 amide bonds. The van der Waals surface area contributed by atoms with Gasteiger partial charge in [-0.3, -0.25) is 0 Å². The summed E-state index contributed by atoms with van der Waals surface area (Å²) in [4.78, 5) is 10.3. The van der Waals surface area contributed by atoms with E-state index in [4.69, 9.17) is 9.47 Å². The minimum Gasteiger partial charge on any atom is -0.348 e. The Labute approximate surface area is 92.1 Å². The maximum Gasteiger partial charge on any atom is 0.163 e. The van der Waals surface area contributed by atoms with Crippen molar-refractivity contribution in [3.8, 4) is 0 Å². The third kappa shape index (κ3) is 4.76. The molecule has 1 aliphatic rings. The molecule has 0 aromatic carbocycles. The number of rotatable bonds is 6. The van der Waals surface area contributed by atoms with E-state index in [-0.39, 0.29) is 6.10 Å². The van der Waals surface area contributed by atoms with Gasteiger partial charge in [-0.05, 0) is 26.2 Å². The standard InChI is InChI=1S/C12H22O3/c1-10(7-8-13)5-4-6-11-9-14-12(2,3)15-11/h8,10-11H,4-7,9H2,1-3H3/t10-,11-/m1/s1. The summed E-state index contributed by atoms with van der Waals surface area (Å²) in [7, 11) is 0. The molecule has 3 nitrogen and oxygen atoms in total. The lowest BCUT2D eigenvalue weighted by Crippen LogP contribution is -2.21. The molecule has 1 fully saturated rings. The molecule has 1 rings (SSSR count). The molecule has 2 atom stereocenters. The number of hydrogen-bond donors (Lipinski definition) is 0. The molecule has 0 spiro atoms. The molecule has 0 N–H and O–H groups in total. The van der Waals surface area contributed by atoms with Gasteiger partial charge >= 0.3 is 0 Å². The van der Waals surface area contributed by atoms with Gasteiger partial charge in [-0.15, -0.1) is 0 Å². The molecule has 0 aliphatic carbocycles. The van der Waals surface area contributed by atoms with Gasteiger partial charge in [0, 0.05) is 6.42 Å². The van der Waals surface area contributed by atoms with Crippen molar-refractivity contribution in [1.29, 1.82) is 0 Å². The number of carbonyl (C=O) groups is 1. The zero-order valence-corrected chi connectivity index (χ0v) is 9.99. The fraction of sp³-hybridized carbons (Fsp3) is 0.917. The minimum absolute atomic E-state index is 0.239. The summed E-state index contributed by atoms with van der Waals surface area (Å²) in [5, 5.41) is 0. The average Bonchev–Trinajstić information content (AvgIpc) is 2.46. The molecule has 0 bridgehead atoms. The van der Waals surface area contributed by atoms with Crippen molar-refractivity contribution in [2.75, 3.05) is 6.61 Å². The first-order valence-electron chi connectivity index (χ1n) is 5.79. The summed E-state index contributed by atoms with van der Waals surface area (Å²) in [6.07, 6.45) is 5.16. The first kappa shape index (κ1) is 12.7. The van der Waals surface area contributed by atoms with Crippen LogP contribution in [0.4, 0.5) is 0 Å². The van der Waals surface area contributed by atoms with Crippen molar-refractivity contribution in [2.24, 2.45) is 5.92 Å². The van der Waals surface area contributed by atoms with Crippen LogP contribution >= 0.6 is 0 Å². The lowest BCUT2D eigenvalue weighted by atomic mass is 10.00. The molecule has 88 valence electrons. The van der Waals surface area contributed by atoms with Gasteiger partial charge in [-0.1, -0.05) is 19.8 Å². The smallest absolute Gasteiger partial charge is 0.163 e. The quantitative estimate of drug-likeness (QED) is 0.637. The number of aldehydes is 1. The zero-order chi connectivity index (χ0) is 11.3. The van der Waals surface area contributed by atoms with Crippen molar-refractivity contribution < 1.29 is 14.3 Å². The summed E-state index contributed by atoms with van der Waals surface area (Å²) in [6.45, 7) is 6.71. The highest BCUT2D eigenvalue weighted by Gasteiger charge is 2.31. The highest BCUT2D eigenvalue weighted by molar-refractivity contribution is 5.49. The van der Waals surface area contributed by atoms with Crippen LogP contribution in [0.3, 0.4) is 0 Å². The fourth-order valence-corrected chi connectivity index (χ4v) is 1.88. The SMILES string of the molecule is C[C@@H](CC=O)CCC[C@@H]1COC(C)(C)O1. The van der Waals surface area contributed by atoms with E-state index < -0.39 is 5.79 Å². The van der Waals surface area contributed by atoms with Crippen LogP contribution in [0.1, 0.15) is 46.5 Å². The van der Waals surface area contributed by atoms with Crippen molar-refractivity contribution in [3.05, 3.63) is 0 Å². The lowest BCUT2D eigenvalue weighted by molar-refractivity contribution is -0.139. The van der Waals surface area contributed by atoms with Crippen LogP contribution in [0.2, 0.25) is 0 Å². The monoisotopic (exact) mass is 214 g/mol. The van der Waals surface area contributed by atoms with E-state index in [1.54, 1.807) is 0 Å². The maximum absolute atomic E-state index is 10.3. The Morgan fingerprint density at radius 3 is 2.80 bits per heavy atom. The van der Waals surface area contributed by atoms with Gasteiger partial charge in [0.15, 0.2) is 5.79 Å². The third-order valence-corrected chi connectivity index (χ3v) is 2.79. The van der Waals surface area contributed by atoms with Crippen LogP contribution in [-0.2, 0) is 14.3 Å². The van der Waals surface area contributed by atoms with Crippen LogP contribution in [0.5, 0.6) is 0 Å². The molecule has 0 radical (unpaired) electrons. The van der Waals surface area contributed by atoms with E-state index in [2.05, 4.69) is 6.92 Å². The second kappa shape index (κ2) is 5.61. The number of ether oxygens (including phenoxy) is 2. The first-order valence-corrected chi connectivity index (χ1v) is 5.79. The normalized spacial score (nSPS) is 26.5. The second-order valence-corrected chi connectivity index (χ2v) is 4.89. The fourth-order valence-electron chi connectivity index (χ4n) is 1.88. The van der Waals surface area contributed by atoms with Crippen LogP contribution in [0.15, 0.2) is 0 Å². The molecular formula is C12H22O3. The molecule has 1 heterocycles. The van der Waals surface area contributed by atoms with E-state index in [1.807, 2.05) is 13.8 Å². The van der Waals surface area contributed by atoms with Gasteiger partial charge in [0.25, 0.3) is 0 Å². The molecule has 1 aliphatic heterocycles. The summed E-state index contributed by atoms with van der Waals surface area (Å²) >= 11 is 0. The Kier molecular flexibility index (Phi) is 4.74. The first-order chi connectivity index (χ1) is 7.03. The van der Waals surface area contributed by atoms with Crippen molar-refractivity contribution in [3.63, 3.8) is 0 Å². The van der Waals surface area contributed by atoms with Crippen LogP contribution in [0, 0.1) is 5.92 Å². The van der Waals surface area contributed by atoms with Crippen LogP contribution < -0.4 is 0 Å². The Balaban J connectivity index is 2.08. The Hall–Kier alpha value is -0.410. The van der Waals surface area contributed by atoms with Gasteiger partial charge in [0.2, 0.25) is 0 Å². The molecule has 1 saturated heterocycles. The van der Waals surface area contributed by atoms with Crippen molar-refractivity contribution in [1.82, 2.24) is 0 Å². The Morgan fingerprint density at radius 2 is 2.27 bits per heavy atom. The average molecular weight is 214 g/mol. The number of hydrogen-bond acceptors (Lipinski definition) is 3. The summed E-state index contributed by atoms with van der Waals surface area (Å²) in [6, 6.07) is 0. The Bertz CT molecular complexity index is 201. The zero-order valence-electron chi connectivity index (χ0n) is 9.99. The van der Waals surface area contributed by atoms with Gasteiger partial charge in [-0.25, -0.2) is 0 Å². The third-order valence-electron chi connectivity index (χ3n) is 2.79. The van der Waals surface area contributed by atoms with E-state index in [0.29, 0.717) is 18.9 Å². The van der Waals surface area contributed by atoms with Gasteiger partial charge in [0.05, 0.1) is 12.7 Å². The summed E-state index contributed by atoms with van der Waals surface area (Å²) in [5.41, 5.74) is 0. The Morgan fingerprint density at radius 1 is 1.53 bits per heavy atom. The number of carbonyl (C=O) groups excluding carboxylic acids is 1. The molecule has 15 heavy (non-hydrogen) atoms. The minimum atomic E-state index is -0.404. The molecule has 0 aromatic heterocycles. The molecule has 0 saturated carbocycles. The molecule has 0 unspecified atom stereocenters. The van der Waals surface area contributed by atoms with E-state index in [9.17, 15) is 4.79 Å². The molecular weight excluding hydrogens is 192 g/mol. The van der Waals surface area contributed by atoms with Crippen LogP contribution in [0.25, 0.3) is 0 Å². The highest BCUT2D eigenvalue weighted by atomic mass is 16.7. The predicted octanol–water partition coefficient (Wildman–Crippen LogP) is 2.53. The van der Waals surface area contributed by atoms with Gasteiger partial charge in [-0.2, -0.15) is 0 Å². The van der Waals surface area contributed by atoms with E-state index >= 15 is 0 Å². The predicted molar refractivity (Wildman–Crippen MR) is 58.6 cm³/mol. The highest BCUT2D eigenvalue weighted by Crippen LogP contribution is 2.25. The summed E-state index contributed by atoms with van der Waals surface area (Å²) in [5.74, 6) is 0.0943. The molecule has 3 heteroatoms. The summed E-state index contributed by atoms with van der Waals surface area (Å²) < 4.78 is 11.2. The second-order valence-electron chi connectivity index (χ2n) is 4.89. The topological polar surface area (TPSA) is 35.5 Å². The van der Waals surface area contributed by atoms with E-state index in [0.717, 1.165) is 25.5 Å². The van der Waals surface area contributed by atoms with Gasteiger partial charge < -0.3 is 14.3 Å². The van der Waals surface area contributed by atoms with Crippen LogP contribution in [-0.4, -0.2) is 24.8 Å². The van der Waals surface area contributed by atoms with Crippen molar-refractivity contribution >= 4 is 6.29 Å². The van der Waals surface area contributed by atoms with Gasteiger partial charge in [0.1, 0.15) is 6.29 Å². The largest absolute Gasteiger partial charge is 0.348 e. The van der Waals surface area contributed by atoms with Crippen molar-refractivity contribution in [2.45, 2.75) is 58.3 Å². The maximum atomic E-state index is 10.3. The lowest BCUT2D eigenvalue weighted by Gasteiger charge is -2.17. The van der Waals surface area contributed by atoms with E-state index in [1.165, 1.54) is 0 Å².